The quantitative estimate of drug-likeness (QED) is 0.457. The molecule has 0 saturated carbocycles. The van der Waals surface area contributed by atoms with Crippen molar-refractivity contribution in [1.29, 1.82) is 0 Å². The van der Waals surface area contributed by atoms with Crippen LogP contribution in [0.25, 0.3) is 0 Å². The summed E-state index contributed by atoms with van der Waals surface area (Å²) in [6.07, 6.45) is 3.74. The van der Waals surface area contributed by atoms with Crippen molar-refractivity contribution >= 4 is 12.1 Å². The van der Waals surface area contributed by atoms with Gasteiger partial charge in [0.1, 0.15) is 6.04 Å². The van der Waals surface area contributed by atoms with Crippen molar-refractivity contribution in [3.63, 3.8) is 0 Å². The first-order valence-electron chi connectivity index (χ1n) is 8.09. The van der Waals surface area contributed by atoms with E-state index in [1.165, 1.54) is 4.90 Å². The topological polar surface area (TPSA) is 55.8 Å². The number of esters is 1. The fourth-order valence-electron chi connectivity index (χ4n) is 2.25. The van der Waals surface area contributed by atoms with Gasteiger partial charge in [-0.1, -0.05) is 40.0 Å². The average Bonchev–Trinajstić information content (AvgIpc) is 2.42. The van der Waals surface area contributed by atoms with Crippen molar-refractivity contribution in [2.45, 2.75) is 66.3 Å². The minimum absolute atomic E-state index is 0.0142. The van der Waals surface area contributed by atoms with Gasteiger partial charge in [0.25, 0.3) is 0 Å². The Morgan fingerprint density at radius 3 is 2.05 bits per heavy atom. The van der Waals surface area contributed by atoms with Crippen molar-refractivity contribution in [3.05, 3.63) is 0 Å². The van der Waals surface area contributed by atoms with E-state index in [1.807, 2.05) is 13.8 Å². The normalized spacial score (nSPS) is 12.1. The molecule has 0 fully saturated rings. The minimum Gasteiger partial charge on any atom is -0.464 e. The van der Waals surface area contributed by atoms with Crippen LogP contribution in [0.5, 0.6) is 0 Å². The first-order chi connectivity index (χ1) is 9.99. The lowest BCUT2D eigenvalue weighted by Gasteiger charge is -2.31. The molecule has 0 spiro atoms. The van der Waals surface area contributed by atoms with Crippen molar-refractivity contribution in [2.24, 2.45) is 5.92 Å². The van der Waals surface area contributed by atoms with Crippen LogP contribution in [0.2, 0.25) is 0 Å². The van der Waals surface area contributed by atoms with Crippen LogP contribution in [0.1, 0.15) is 60.3 Å². The zero-order valence-corrected chi connectivity index (χ0v) is 14.2. The summed E-state index contributed by atoms with van der Waals surface area (Å²) in [5.41, 5.74) is 0. The molecule has 0 bridgehead atoms. The summed E-state index contributed by atoms with van der Waals surface area (Å²) < 4.78 is 10.2. The predicted molar refractivity (Wildman–Crippen MR) is 83.1 cm³/mol. The highest BCUT2D eigenvalue weighted by molar-refractivity contribution is 5.81. The molecule has 0 aliphatic rings. The first kappa shape index (κ1) is 19.7. The van der Waals surface area contributed by atoms with E-state index in [9.17, 15) is 9.59 Å². The van der Waals surface area contributed by atoms with Gasteiger partial charge in [-0.25, -0.2) is 9.59 Å². The van der Waals surface area contributed by atoms with E-state index in [4.69, 9.17) is 9.47 Å². The SMILES string of the molecule is CCCCCCN(C(=O)OCC)[C@H](C(=O)OCC)C(C)C. The maximum Gasteiger partial charge on any atom is 0.410 e. The monoisotopic (exact) mass is 301 g/mol. The molecular formula is C16H31NO4. The Labute approximate surface area is 129 Å². The standard InChI is InChI=1S/C16H31NO4/c1-6-9-10-11-12-17(16(19)21-8-3)14(13(4)5)15(18)20-7-2/h13-14H,6-12H2,1-5H3/t14-/m0/s1. The maximum absolute atomic E-state index is 12.2. The molecule has 0 N–H and O–H groups in total. The van der Waals surface area contributed by atoms with Gasteiger partial charge in [-0.15, -0.1) is 0 Å². The van der Waals surface area contributed by atoms with Crippen LogP contribution < -0.4 is 0 Å². The summed E-state index contributed by atoms with van der Waals surface area (Å²) >= 11 is 0. The molecule has 21 heavy (non-hydrogen) atoms. The van der Waals surface area contributed by atoms with Crippen LogP contribution in [0, 0.1) is 5.92 Å². The van der Waals surface area contributed by atoms with Crippen molar-refractivity contribution in [1.82, 2.24) is 4.90 Å². The third kappa shape index (κ3) is 7.34. The second-order valence-electron chi connectivity index (χ2n) is 5.39. The highest BCUT2D eigenvalue weighted by atomic mass is 16.6. The second kappa shape index (κ2) is 11.4. The molecular weight excluding hydrogens is 270 g/mol. The molecule has 0 aliphatic carbocycles. The molecule has 1 atom stereocenters. The van der Waals surface area contributed by atoms with E-state index in [-0.39, 0.29) is 11.9 Å². The van der Waals surface area contributed by atoms with Gasteiger partial charge in [0, 0.05) is 6.54 Å². The number of hydrogen-bond acceptors (Lipinski definition) is 4. The van der Waals surface area contributed by atoms with E-state index in [0.717, 1.165) is 25.7 Å². The third-order valence-electron chi connectivity index (χ3n) is 3.25. The van der Waals surface area contributed by atoms with Crippen molar-refractivity contribution < 1.29 is 19.1 Å². The van der Waals surface area contributed by atoms with Crippen LogP contribution in [0.4, 0.5) is 4.79 Å². The Morgan fingerprint density at radius 2 is 1.57 bits per heavy atom. The van der Waals surface area contributed by atoms with Crippen LogP contribution in [-0.2, 0) is 14.3 Å². The summed E-state index contributed by atoms with van der Waals surface area (Å²) in [5.74, 6) is -0.365. The van der Waals surface area contributed by atoms with Crippen molar-refractivity contribution in [3.8, 4) is 0 Å². The summed E-state index contributed by atoms with van der Waals surface area (Å²) in [7, 11) is 0. The molecule has 124 valence electrons. The number of nitrogens with zero attached hydrogens (tertiary/aromatic N) is 1. The fourth-order valence-corrected chi connectivity index (χ4v) is 2.25. The molecule has 0 rings (SSSR count). The van der Waals surface area contributed by atoms with E-state index < -0.39 is 12.1 Å². The van der Waals surface area contributed by atoms with E-state index in [2.05, 4.69) is 6.92 Å². The number of ether oxygens (including phenoxy) is 2. The second-order valence-corrected chi connectivity index (χ2v) is 5.39. The lowest BCUT2D eigenvalue weighted by atomic mass is 10.0. The zero-order chi connectivity index (χ0) is 16.3. The van der Waals surface area contributed by atoms with Gasteiger partial charge in [0.15, 0.2) is 0 Å². The summed E-state index contributed by atoms with van der Waals surface area (Å²) in [5, 5.41) is 0. The number of amides is 1. The first-order valence-corrected chi connectivity index (χ1v) is 8.09. The summed E-state index contributed by atoms with van der Waals surface area (Å²) in [6, 6.07) is -0.578. The zero-order valence-electron chi connectivity index (χ0n) is 14.2. The molecule has 5 heteroatoms. The van der Waals surface area contributed by atoms with E-state index >= 15 is 0 Å². The smallest absolute Gasteiger partial charge is 0.410 e. The third-order valence-corrected chi connectivity index (χ3v) is 3.25. The molecule has 0 aromatic rings. The molecule has 0 aliphatic heterocycles. The summed E-state index contributed by atoms with van der Waals surface area (Å²) in [4.78, 5) is 25.8. The summed E-state index contributed by atoms with van der Waals surface area (Å²) in [6.45, 7) is 10.7. The van der Waals surface area contributed by atoms with Crippen LogP contribution in [0.3, 0.4) is 0 Å². The molecule has 0 aromatic heterocycles. The number of carbonyl (C=O) groups excluding carboxylic acids is 2. The molecule has 0 aromatic carbocycles. The highest BCUT2D eigenvalue weighted by Gasteiger charge is 2.34. The van der Waals surface area contributed by atoms with Crippen LogP contribution >= 0.6 is 0 Å². The van der Waals surface area contributed by atoms with Gasteiger partial charge >= 0.3 is 12.1 Å². The molecule has 1 amide bonds. The largest absolute Gasteiger partial charge is 0.464 e. The Kier molecular flexibility index (Phi) is 10.7. The van der Waals surface area contributed by atoms with Gasteiger partial charge in [-0.3, -0.25) is 4.90 Å². The molecule has 0 saturated heterocycles. The van der Waals surface area contributed by atoms with Gasteiger partial charge < -0.3 is 9.47 Å². The van der Waals surface area contributed by atoms with Crippen molar-refractivity contribution in [2.75, 3.05) is 19.8 Å². The van der Waals surface area contributed by atoms with Crippen LogP contribution in [0.15, 0.2) is 0 Å². The van der Waals surface area contributed by atoms with Gasteiger partial charge in [0.2, 0.25) is 0 Å². The molecule has 5 nitrogen and oxygen atoms in total. The highest BCUT2D eigenvalue weighted by Crippen LogP contribution is 2.16. The number of rotatable bonds is 10. The molecule has 0 unspecified atom stereocenters. The van der Waals surface area contributed by atoms with E-state index in [0.29, 0.717) is 19.8 Å². The number of unbranched alkanes of at least 4 members (excludes halogenated alkanes) is 3. The lowest BCUT2D eigenvalue weighted by Crippen LogP contribution is -2.49. The maximum atomic E-state index is 12.2. The molecule has 0 radical (unpaired) electrons. The van der Waals surface area contributed by atoms with Gasteiger partial charge in [-0.2, -0.15) is 0 Å². The van der Waals surface area contributed by atoms with E-state index in [1.54, 1.807) is 13.8 Å². The lowest BCUT2D eigenvalue weighted by molar-refractivity contribution is -0.150. The number of hydrogen-bond donors (Lipinski definition) is 0. The average molecular weight is 301 g/mol. The minimum atomic E-state index is -0.578. The fraction of sp³-hybridized carbons (Fsp3) is 0.875. The molecule has 0 heterocycles. The Balaban J connectivity index is 4.92. The Bertz CT molecular complexity index is 305. The van der Waals surface area contributed by atoms with Gasteiger partial charge in [-0.05, 0) is 26.2 Å². The Morgan fingerprint density at radius 1 is 0.952 bits per heavy atom. The van der Waals surface area contributed by atoms with Crippen LogP contribution in [-0.4, -0.2) is 42.8 Å². The number of carbonyl (C=O) groups is 2. The van der Waals surface area contributed by atoms with Gasteiger partial charge in [0.05, 0.1) is 13.2 Å². The Hall–Kier alpha value is -1.26. The predicted octanol–water partition coefficient (Wildman–Crippen LogP) is 3.61.